The first-order valence-corrected chi connectivity index (χ1v) is 14.2. The maximum Gasteiger partial charge on any atom is 0.417 e. The molecule has 2 unspecified atom stereocenters. The Labute approximate surface area is 231 Å². The maximum absolute atomic E-state index is 13.8. The molecule has 0 spiro atoms. The first kappa shape index (κ1) is 25.5. The van der Waals surface area contributed by atoms with Crippen molar-refractivity contribution in [3.63, 3.8) is 0 Å². The monoisotopic (exact) mass is 569 g/mol. The highest BCUT2D eigenvalue weighted by Crippen LogP contribution is 2.47. The molecule has 2 aromatic heterocycles. The molecule has 4 heterocycles. The molecule has 2 saturated heterocycles. The molecule has 0 amide bonds. The van der Waals surface area contributed by atoms with Gasteiger partial charge in [-0.25, -0.2) is 4.79 Å². The first-order valence-electron chi connectivity index (χ1n) is 13.5. The number of anilines is 1. The van der Waals surface area contributed by atoms with Gasteiger partial charge >= 0.3 is 12.1 Å². The van der Waals surface area contributed by atoms with Crippen LogP contribution in [0.3, 0.4) is 0 Å². The Hall–Kier alpha value is -3.44. The molecule has 7 rings (SSSR count). The minimum Gasteiger partial charge on any atom is -0.476 e. The number of ether oxygens (including phenoxy) is 1. The minimum atomic E-state index is -4.50. The number of fused-ring (bicyclic) bond motifs is 3. The lowest BCUT2D eigenvalue weighted by Crippen LogP contribution is -2.45. The third-order valence-electron chi connectivity index (χ3n) is 8.36. The molecule has 0 radical (unpaired) electrons. The SMILES string of the molecule is O=C(O)c1nsc2cc(N3C4CCC3CC(OCc3c(-c5ccccc5C(F)(F)F)noc3C3CC3)C4)ccc12. The summed E-state index contributed by atoms with van der Waals surface area (Å²) in [7, 11) is 0. The van der Waals surface area contributed by atoms with Gasteiger partial charge in [0, 0.05) is 40.2 Å². The molecule has 3 fully saturated rings. The van der Waals surface area contributed by atoms with E-state index in [1.165, 1.54) is 23.7 Å². The summed E-state index contributed by atoms with van der Waals surface area (Å²) in [5.74, 6) is -0.204. The van der Waals surface area contributed by atoms with Crippen LogP contribution in [0.5, 0.6) is 0 Å². The Morgan fingerprint density at radius 1 is 1.10 bits per heavy atom. The van der Waals surface area contributed by atoms with Crippen LogP contribution in [0, 0.1) is 0 Å². The van der Waals surface area contributed by atoms with E-state index >= 15 is 0 Å². The van der Waals surface area contributed by atoms with Gasteiger partial charge in [0.25, 0.3) is 0 Å². The molecule has 2 atom stereocenters. The predicted molar refractivity (Wildman–Crippen MR) is 143 cm³/mol. The summed E-state index contributed by atoms with van der Waals surface area (Å²) < 4.78 is 58.3. The largest absolute Gasteiger partial charge is 0.476 e. The molecule has 40 heavy (non-hydrogen) atoms. The van der Waals surface area contributed by atoms with E-state index in [-0.39, 0.29) is 47.7 Å². The Morgan fingerprint density at radius 3 is 2.55 bits per heavy atom. The fourth-order valence-electron chi connectivity index (χ4n) is 6.40. The molecular formula is C29H26F3N3O4S. The lowest BCUT2D eigenvalue weighted by molar-refractivity contribution is -0.137. The lowest BCUT2D eigenvalue weighted by atomic mass is 9.97. The zero-order valence-corrected chi connectivity index (χ0v) is 22.2. The first-order chi connectivity index (χ1) is 19.3. The Morgan fingerprint density at radius 2 is 1.85 bits per heavy atom. The van der Waals surface area contributed by atoms with Gasteiger partial charge in [0.15, 0.2) is 5.69 Å². The molecular weight excluding hydrogens is 543 g/mol. The summed E-state index contributed by atoms with van der Waals surface area (Å²) in [5, 5.41) is 14.1. The third kappa shape index (κ3) is 4.45. The molecule has 3 aliphatic rings. The van der Waals surface area contributed by atoms with Gasteiger partial charge < -0.3 is 19.3 Å². The van der Waals surface area contributed by atoms with Crippen molar-refractivity contribution in [3.05, 3.63) is 65.0 Å². The summed E-state index contributed by atoms with van der Waals surface area (Å²) >= 11 is 1.19. The third-order valence-corrected chi connectivity index (χ3v) is 9.17. The highest BCUT2D eigenvalue weighted by atomic mass is 32.1. The molecule has 2 aromatic carbocycles. The number of carboxylic acid groups (broad SMARTS) is 1. The van der Waals surface area contributed by atoms with E-state index < -0.39 is 17.7 Å². The van der Waals surface area contributed by atoms with Gasteiger partial charge in [0.2, 0.25) is 0 Å². The second kappa shape index (κ2) is 9.59. The van der Waals surface area contributed by atoms with Gasteiger partial charge in [0.1, 0.15) is 11.5 Å². The topological polar surface area (TPSA) is 88.7 Å². The summed E-state index contributed by atoms with van der Waals surface area (Å²) in [5.41, 5.74) is 1.27. The smallest absolute Gasteiger partial charge is 0.417 e. The molecule has 7 nitrogen and oxygen atoms in total. The highest BCUT2D eigenvalue weighted by Gasteiger charge is 2.42. The van der Waals surface area contributed by atoms with E-state index in [2.05, 4.69) is 14.4 Å². The Kier molecular flexibility index (Phi) is 6.12. The van der Waals surface area contributed by atoms with Crippen molar-refractivity contribution < 1.29 is 32.3 Å². The van der Waals surface area contributed by atoms with Gasteiger partial charge in [-0.15, -0.1) is 0 Å². The summed E-state index contributed by atoms with van der Waals surface area (Å²) in [6, 6.07) is 11.8. The summed E-state index contributed by atoms with van der Waals surface area (Å²) in [6.45, 7) is 0.158. The van der Waals surface area contributed by atoms with E-state index in [9.17, 15) is 23.1 Å². The van der Waals surface area contributed by atoms with Gasteiger partial charge in [-0.2, -0.15) is 17.5 Å². The molecule has 2 bridgehead atoms. The number of nitrogens with zero attached hydrogens (tertiary/aromatic N) is 3. The van der Waals surface area contributed by atoms with Crippen LogP contribution in [0.1, 0.15) is 71.8 Å². The number of carboxylic acids is 1. The zero-order chi connectivity index (χ0) is 27.6. The van der Waals surface area contributed by atoms with E-state index in [1.54, 1.807) is 6.07 Å². The average molecular weight is 570 g/mol. The highest BCUT2D eigenvalue weighted by molar-refractivity contribution is 7.13. The van der Waals surface area contributed by atoms with Crippen LogP contribution in [-0.2, 0) is 17.5 Å². The van der Waals surface area contributed by atoms with Crippen LogP contribution in [-0.4, -0.2) is 38.8 Å². The van der Waals surface area contributed by atoms with Crippen molar-refractivity contribution in [3.8, 4) is 11.3 Å². The van der Waals surface area contributed by atoms with Crippen molar-refractivity contribution >= 4 is 33.3 Å². The number of aromatic carboxylic acids is 1. The van der Waals surface area contributed by atoms with E-state index in [4.69, 9.17) is 9.26 Å². The number of aromatic nitrogens is 2. The molecule has 1 saturated carbocycles. The minimum absolute atomic E-state index is 0.0173. The van der Waals surface area contributed by atoms with E-state index in [0.717, 1.165) is 55.0 Å². The number of piperidine rings is 1. The molecule has 208 valence electrons. The van der Waals surface area contributed by atoms with Crippen LogP contribution in [0.4, 0.5) is 18.9 Å². The van der Waals surface area contributed by atoms with Crippen molar-refractivity contribution in [2.24, 2.45) is 0 Å². The second-order valence-corrected chi connectivity index (χ2v) is 11.7. The van der Waals surface area contributed by atoms with Crippen LogP contribution >= 0.6 is 11.5 Å². The number of rotatable bonds is 7. The van der Waals surface area contributed by atoms with E-state index in [0.29, 0.717) is 16.7 Å². The summed E-state index contributed by atoms with van der Waals surface area (Å²) in [6.07, 6.45) is 0.981. The fraction of sp³-hybridized carbons (Fsp3) is 0.414. The number of hydrogen-bond acceptors (Lipinski definition) is 7. The number of hydrogen-bond donors (Lipinski definition) is 1. The van der Waals surface area contributed by atoms with Gasteiger partial charge in [0.05, 0.1) is 23.0 Å². The normalized spacial score (nSPS) is 22.8. The van der Waals surface area contributed by atoms with Crippen molar-refractivity contribution in [1.29, 1.82) is 0 Å². The van der Waals surface area contributed by atoms with E-state index in [1.807, 2.05) is 18.2 Å². The predicted octanol–water partition coefficient (Wildman–Crippen LogP) is 7.26. The van der Waals surface area contributed by atoms with Gasteiger partial charge in [-0.3, -0.25) is 0 Å². The molecule has 11 heteroatoms. The standard InChI is InChI=1S/C29H26F3N3O4S/c30-29(31,32)23-4-2-1-3-20(23)25-22(27(39-33-25)15-5-6-15)14-38-19-11-16-7-8-17(12-19)35(16)18-9-10-21-24(13-18)40-34-26(21)28(36)37/h1-4,9-10,13,15-17,19H,5-8,11-12,14H2,(H,36,37). The van der Waals surface area contributed by atoms with Crippen LogP contribution in [0.15, 0.2) is 47.0 Å². The second-order valence-electron chi connectivity index (χ2n) is 10.9. The summed E-state index contributed by atoms with van der Waals surface area (Å²) in [4.78, 5) is 13.9. The Balaban J connectivity index is 1.10. The van der Waals surface area contributed by atoms with Gasteiger partial charge in [-0.05, 0) is 74.3 Å². The van der Waals surface area contributed by atoms with Gasteiger partial charge in [-0.1, -0.05) is 23.4 Å². The van der Waals surface area contributed by atoms with Crippen LogP contribution in [0.25, 0.3) is 21.3 Å². The van der Waals surface area contributed by atoms with Crippen molar-refractivity contribution in [2.75, 3.05) is 4.90 Å². The number of alkyl halides is 3. The number of halogens is 3. The average Bonchev–Trinajstić information content (AvgIpc) is 3.44. The van der Waals surface area contributed by atoms with Crippen LogP contribution in [0.2, 0.25) is 0 Å². The van der Waals surface area contributed by atoms with Crippen molar-refractivity contribution in [2.45, 2.75) is 75.4 Å². The number of benzene rings is 2. The molecule has 2 aliphatic heterocycles. The quantitative estimate of drug-likeness (QED) is 0.251. The Bertz CT molecular complexity index is 1580. The molecule has 1 N–H and O–H groups in total. The maximum atomic E-state index is 13.8. The zero-order valence-electron chi connectivity index (χ0n) is 21.4. The number of carbonyl (C=O) groups is 1. The molecule has 4 aromatic rings. The van der Waals surface area contributed by atoms with Crippen LogP contribution < -0.4 is 4.90 Å². The lowest BCUT2D eigenvalue weighted by Gasteiger charge is -2.40. The van der Waals surface area contributed by atoms with Crippen molar-refractivity contribution in [1.82, 2.24) is 9.53 Å². The molecule has 1 aliphatic carbocycles. The fourth-order valence-corrected chi connectivity index (χ4v) is 7.21.